The molecule has 1 amide bonds. The van der Waals surface area contributed by atoms with Crippen LogP contribution in [0.3, 0.4) is 0 Å². The molecule has 0 saturated heterocycles. The lowest BCUT2D eigenvalue weighted by atomic mass is 9.95. The summed E-state index contributed by atoms with van der Waals surface area (Å²) in [6.07, 6.45) is 7.83. The zero-order chi connectivity index (χ0) is 18.8. The van der Waals surface area contributed by atoms with Crippen LogP contribution >= 0.6 is 11.6 Å². The number of rotatable bonds is 4. The Balaban J connectivity index is 1.55. The van der Waals surface area contributed by atoms with Crippen LogP contribution in [0.4, 0.5) is 0 Å². The molecule has 0 unspecified atom stereocenters. The maximum atomic E-state index is 12.9. The fourth-order valence-corrected chi connectivity index (χ4v) is 4.00. The van der Waals surface area contributed by atoms with E-state index in [2.05, 4.69) is 25.1 Å². The van der Waals surface area contributed by atoms with Crippen LogP contribution in [0.2, 0.25) is 5.02 Å². The zero-order valence-electron chi connectivity index (χ0n) is 15.3. The lowest BCUT2D eigenvalue weighted by Gasteiger charge is -2.24. The molecule has 2 aromatic heterocycles. The number of carbonyl (C=O) groups excluding carboxylic acids is 1. The van der Waals surface area contributed by atoms with Crippen molar-refractivity contribution < 1.29 is 4.79 Å². The molecular formula is C20H22ClN5O. The number of hydrogen-bond acceptors (Lipinski definition) is 4. The van der Waals surface area contributed by atoms with Crippen molar-refractivity contribution in [2.24, 2.45) is 0 Å². The van der Waals surface area contributed by atoms with E-state index in [9.17, 15) is 4.79 Å². The summed E-state index contributed by atoms with van der Waals surface area (Å²) in [7, 11) is 0. The zero-order valence-corrected chi connectivity index (χ0v) is 16.0. The predicted octanol–water partition coefficient (Wildman–Crippen LogP) is 4.22. The molecule has 27 heavy (non-hydrogen) atoms. The van der Waals surface area contributed by atoms with E-state index in [1.807, 2.05) is 13.0 Å². The van der Waals surface area contributed by atoms with Gasteiger partial charge in [0.2, 0.25) is 0 Å². The third-order valence-corrected chi connectivity index (χ3v) is 5.40. The topological polar surface area (TPSA) is 72.7 Å². The van der Waals surface area contributed by atoms with Crippen molar-refractivity contribution in [2.45, 2.75) is 51.6 Å². The second kappa shape index (κ2) is 7.64. The van der Waals surface area contributed by atoms with E-state index in [1.54, 1.807) is 24.5 Å². The van der Waals surface area contributed by atoms with Gasteiger partial charge >= 0.3 is 0 Å². The summed E-state index contributed by atoms with van der Waals surface area (Å²) in [5, 5.41) is 12.6. The minimum atomic E-state index is -0.161. The van der Waals surface area contributed by atoms with E-state index in [0.717, 1.165) is 35.3 Å². The monoisotopic (exact) mass is 383 g/mol. The number of aryl methyl sites for hydroxylation is 1. The molecule has 4 rings (SSSR count). The van der Waals surface area contributed by atoms with Crippen LogP contribution in [0.25, 0.3) is 10.9 Å². The number of nitrogens with zero attached hydrogens (tertiary/aromatic N) is 4. The number of hydrogen-bond donors (Lipinski definition) is 1. The second-order valence-electron chi connectivity index (χ2n) is 7.10. The van der Waals surface area contributed by atoms with E-state index < -0.39 is 0 Å². The Kier molecular flexibility index (Phi) is 5.07. The van der Waals surface area contributed by atoms with E-state index >= 15 is 0 Å². The summed E-state index contributed by atoms with van der Waals surface area (Å²) in [5.41, 5.74) is 2.12. The van der Waals surface area contributed by atoms with E-state index in [-0.39, 0.29) is 5.91 Å². The van der Waals surface area contributed by atoms with Gasteiger partial charge in [0.05, 0.1) is 17.6 Å². The molecule has 0 atom stereocenters. The maximum absolute atomic E-state index is 12.9. The van der Waals surface area contributed by atoms with Crippen molar-refractivity contribution in [1.82, 2.24) is 25.1 Å². The lowest BCUT2D eigenvalue weighted by molar-refractivity contribution is 0.0950. The molecule has 0 bridgehead atoms. The van der Waals surface area contributed by atoms with Gasteiger partial charge in [-0.25, -0.2) is 0 Å². The number of nitrogens with one attached hydrogen (secondary N) is 1. The Hall–Kier alpha value is -2.47. The minimum absolute atomic E-state index is 0.161. The minimum Gasteiger partial charge on any atom is -0.345 e. The van der Waals surface area contributed by atoms with Crippen LogP contribution in [0, 0.1) is 6.92 Å². The molecule has 7 heteroatoms. The Labute approximate surface area is 163 Å². The summed E-state index contributed by atoms with van der Waals surface area (Å²) >= 11 is 6.12. The van der Waals surface area contributed by atoms with Crippen molar-refractivity contribution in [1.29, 1.82) is 0 Å². The number of pyridine rings is 1. The van der Waals surface area contributed by atoms with Crippen molar-refractivity contribution in [3.05, 3.63) is 52.7 Å². The summed E-state index contributed by atoms with van der Waals surface area (Å²) in [6, 6.07) is 7.62. The quantitative estimate of drug-likeness (QED) is 0.731. The highest BCUT2D eigenvalue weighted by atomic mass is 35.5. The van der Waals surface area contributed by atoms with E-state index in [1.165, 1.54) is 19.3 Å². The highest BCUT2D eigenvalue weighted by molar-refractivity contribution is 6.31. The first-order chi connectivity index (χ1) is 13.1. The van der Waals surface area contributed by atoms with E-state index in [4.69, 9.17) is 11.6 Å². The molecule has 2 heterocycles. The molecule has 0 radical (unpaired) electrons. The molecule has 0 spiro atoms. The highest BCUT2D eigenvalue weighted by Gasteiger charge is 2.19. The third-order valence-electron chi connectivity index (χ3n) is 5.17. The first-order valence-electron chi connectivity index (χ1n) is 9.35. The van der Waals surface area contributed by atoms with Crippen molar-refractivity contribution in [2.75, 3.05) is 0 Å². The van der Waals surface area contributed by atoms with Crippen LogP contribution in [0.5, 0.6) is 0 Å². The predicted molar refractivity (Wildman–Crippen MR) is 105 cm³/mol. The van der Waals surface area contributed by atoms with Crippen molar-refractivity contribution in [3.8, 4) is 0 Å². The summed E-state index contributed by atoms with van der Waals surface area (Å²) in [6.45, 7) is 2.23. The van der Waals surface area contributed by atoms with Gasteiger partial charge in [-0.2, -0.15) is 0 Å². The highest BCUT2D eigenvalue weighted by Crippen LogP contribution is 2.28. The largest absolute Gasteiger partial charge is 0.345 e. The molecule has 6 nitrogen and oxygen atoms in total. The average molecular weight is 384 g/mol. The van der Waals surface area contributed by atoms with Gasteiger partial charge in [0, 0.05) is 22.1 Å². The van der Waals surface area contributed by atoms with Crippen molar-refractivity contribution >= 4 is 28.4 Å². The first kappa shape index (κ1) is 17.9. The molecule has 1 N–H and O–H groups in total. The van der Waals surface area contributed by atoms with Gasteiger partial charge in [-0.15, -0.1) is 10.2 Å². The van der Waals surface area contributed by atoms with Gasteiger partial charge in [-0.3, -0.25) is 9.78 Å². The van der Waals surface area contributed by atoms with Crippen LogP contribution in [0.1, 0.15) is 60.0 Å². The van der Waals surface area contributed by atoms with Crippen LogP contribution in [-0.4, -0.2) is 25.7 Å². The normalized spacial score (nSPS) is 15.2. The number of aromatic nitrogens is 4. The number of halogens is 1. The standard InChI is InChI=1S/C20H22ClN5O/c1-13-9-17(16-10-14(21)7-8-18(16)24-13)20(27)22-11-19-25-23-12-26(19)15-5-3-2-4-6-15/h7-10,12,15H,2-6,11H2,1H3,(H,22,27). The SMILES string of the molecule is Cc1cc(C(=O)NCc2nncn2C2CCCCC2)c2cc(Cl)ccc2n1. The molecular weight excluding hydrogens is 362 g/mol. The molecule has 140 valence electrons. The summed E-state index contributed by atoms with van der Waals surface area (Å²) in [5.74, 6) is 0.634. The first-order valence-corrected chi connectivity index (χ1v) is 9.73. The number of fused-ring (bicyclic) bond motifs is 1. The fourth-order valence-electron chi connectivity index (χ4n) is 3.83. The molecule has 1 aliphatic rings. The molecule has 1 fully saturated rings. The van der Waals surface area contributed by atoms with Crippen LogP contribution < -0.4 is 5.32 Å². The number of carbonyl (C=O) groups is 1. The van der Waals surface area contributed by atoms with Gasteiger partial charge in [0.1, 0.15) is 6.33 Å². The number of amides is 1. The second-order valence-corrected chi connectivity index (χ2v) is 7.54. The molecule has 1 aliphatic carbocycles. The summed E-state index contributed by atoms with van der Waals surface area (Å²) < 4.78 is 2.12. The molecule has 0 aliphatic heterocycles. The molecule has 1 saturated carbocycles. The fraction of sp³-hybridized carbons (Fsp3) is 0.400. The van der Waals surface area contributed by atoms with Crippen LogP contribution in [0.15, 0.2) is 30.6 Å². The summed E-state index contributed by atoms with van der Waals surface area (Å²) in [4.78, 5) is 17.3. The Morgan fingerprint density at radius 1 is 1.26 bits per heavy atom. The Bertz CT molecular complexity index is 978. The smallest absolute Gasteiger partial charge is 0.252 e. The lowest BCUT2D eigenvalue weighted by Crippen LogP contribution is -2.26. The maximum Gasteiger partial charge on any atom is 0.252 e. The Morgan fingerprint density at radius 2 is 2.07 bits per heavy atom. The van der Waals surface area contributed by atoms with Gasteiger partial charge in [0.25, 0.3) is 5.91 Å². The van der Waals surface area contributed by atoms with Gasteiger partial charge < -0.3 is 9.88 Å². The van der Waals surface area contributed by atoms with Gasteiger partial charge in [0.15, 0.2) is 5.82 Å². The molecule has 3 aromatic rings. The third kappa shape index (κ3) is 3.81. The van der Waals surface area contributed by atoms with Gasteiger partial charge in [-0.1, -0.05) is 30.9 Å². The van der Waals surface area contributed by atoms with E-state index in [0.29, 0.717) is 23.2 Å². The number of benzene rings is 1. The Morgan fingerprint density at radius 3 is 2.89 bits per heavy atom. The van der Waals surface area contributed by atoms with Crippen LogP contribution in [-0.2, 0) is 6.54 Å². The average Bonchev–Trinajstić information content (AvgIpc) is 3.15. The van der Waals surface area contributed by atoms with Crippen molar-refractivity contribution in [3.63, 3.8) is 0 Å². The van der Waals surface area contributed by atoms with Gasteiger partial charge in [-0.05, 0) is 44.0 Å². The molecule has 1 aromatic carbocycles.